The lowest BCUT2D eigenvalue weighted by atomic mass is 10.2. The number of hydrogen-bond acceptors (Lipinski definition) is 8. The molecule has 2 aromatic heterocycles. The van der Waals surface area contributed by atoms with Crippen molar-refractivity contribution in [3.05, 3.63) is 81.0 Å². The van der Waals surface area contributed by atoms with Crippen molar-refractivity contribution in [2.24, 2.45) is 0 Å². The molecule has 0 saturated carbocycles. The van der Waals surface area contributed by atoms with Gasteiger partial charge in [-0.15, -0.1) is 16.4 Å². The zero-order chi connectivity index (χ0) is 22.5. The maximum atomic E-state index is 13.1. The van der Waals surface area contributed by atoms with Gasteiger partial charge in [0.25, 0.3) is 5.69 Å². The number of carbonyl (C=O) groups excluding carboxylic acids is 1. The first kappa shape index (κ1) is 21.5. The second kappa shape index (κ2) is 9.62. The normalized spacial score (nSPS) is 10.8. The van der Waals surface area contributed by atoms with Gasteiger partial charge in [0.1, 0.15) is 5.75 Å². The monoisotopic (exact) mass is 467 g/mol. The van der Waals surface area contributed by atoms with E-state index < -0.39 is 4.92 Å². The first-order valence-corrected chi connectivity index (χ1v) is 11.3. The smallest absolute Gasteiger partial charge is 0.271 e. The predicted octanol–water partition coefficient (Wildman–Crippen LogP) is 4.47. The van der Waals surface area contributed by atoms with Gasteiger partial charge in [-0.1, -0.05) is 36.0 Å². The van der Waals surface area contributed by atoms with E-state index in [0.29, 0.717) is 28.8 Å². The zero-order valence-electron chi connectivity index (χ0n) is 16.5. The zero-order valence-corrected chi connectivity index (χ0v) is 18.2. The number of carbonyl (C=O) groups is 1. The number of thioether (sulfide) groups is 1. The first-order valence-electron chi connectivity index (χ1n) is 9.42. The largest absolute Gasteiger partial charge is 0.507 e. The summed E-state index contributed by atoms with van der Waals surface area (Å²) in [6.07, 6.45) is 0. The van der Waals surface area contributed by atoms with Gasteiger partial charge >= 0.3 is 0 Å². The molecule has 4 aromatic rings. The summed E-state index contributed by atoms with van der Waals surface area (Å²) in [5, 5.41) is 30.3. The third-order valence-corrected chi connectivity index (χ3v) is 6.19. The summed E-state index contributed by atoms with van der Waals surface area (Å²) >= 11 is 2.64. The van der Waals surface area contributed by atoms with Gasteiger partial charge in [0, 0.05) is 17.0 Å². The number of nitro benzene ring substituents is 1. The molecule has 0 spiro atoms. The van der Waals surface area contributed by atoms with E-state index in [4.69, 9.17) is 0 Å². The van der Waals surface area contributed by atoms with Gasteiger partial charge in [-0.2, -0.15) is 0 Å². The number of phenols is 1. The van der Waals surface area contributed by atoms with E-state index in [1.807, 2.05) is 17.5 Å². The fourth-order valence-electron chi connectivity index (χ4n) is 2.97. The van der Waals surface area contributed by atoms with Crippen molar-refractivity contribution in [1.29, 1.82) is 0 Å². The molecule has 0 unspecified atom stereocenters. The highest BCUT2D eigenvalue weighted by Crippen LogP contribution is 2.28. The summed E-state index contributed by atoms with van der Waals surface area (Å²) in [7, 11) is 0. The third-order valence-electron chi connectivity index (χ3n) is 4.50. The summed E-state index contributed by atoms with van der Waals surface area (Å²) in [6, 6.07) is 16.5. The van der Waals surface area contributed by atoms with Crippen LogP contribution in [0.2, 0.25) is 0 Å². The molecule has 162 valence electrons. The molecule has 11 heteroatoms. The van der Waals surface area contributed by atoms with Gasteiger partial charge in [0.2, 0.25) is 11.1 Å². The van der Waals surface area contributed by atoms with Gasteiger partial charge in [0.05, 0.1) is 28.5 Å². The first-order chi connectivity index (χ1) is 15.5. The average Bonchev–Trinajstić information content (AvgIpc) is 3.48. The second-order valence-corrected chi connectivity index (χ2v) is 8.58. The molecule has 0 bridgehead atoms. The van der Waals surface area contributed by atoms with Crippen molar-refractivity contribution in [2.45, 2.75) is 11.7 Å². The number of rotatable bonds is 8. The quantitative estimate of drug-likeness (QED) is 0.222. The molecular weight excluding hydrogens is 450 g/mol. The van der Waals surface area contributed by atoms with Crippen LogP contribution in [0.5, 0.6) is 5.75 Å². The lowest BCUT2D eigenvalue weighted by Gasteiger charge is -2.22. The molecule has 2 aromatic carbocycles. The number of aromatic nitrogens is 3. The molecule has 4 rings (SSSR count). The minimum Gasteiger partial charge on any atom is -0.507 e. The Balaban J connectivity index is 1.51. The molecule has 1 amide bonds. The van der Waals surface area contributed by atoms with Crippen LogP contribution in [0.4, 0.5) is 11.4 Å². The van der Waals surface area contributed by atoms with Crippen LogP contribution in [0.1, 0.15) is 4.88 Å². The standard InChI is InChI=1S/C21H17N5O4S2/c27-18-9-2-1-8-17(18)20-22-21(24-23-20)32-13-19(28)25(12-16-7-4-10-31-16)14-5-3-6-15(11-14)26(29)30/h1-11,27H,12-13H2,(H,22,23,24). The van der Waals surface area contributed by atoms with E-state index in [1.165, 1.54) is 28.4 Å². The number of benzene rings is 2. The van der Waals surface area contributed by atoms with Crippen molar-refractivity contribution in [3.63, 3.8) is 0 Å². The molecule has 2 N–H and O–H groups in total. The van der Waals surface area contributed by atoms with Gasteiger partial charge in [-0.05, 0) is 29.6 Å². The molecule has 0 fully saturated rings. The van der Waals surface area contributed by atoms with Crippen LogP contribution in [-0.2, 0) is 11.3 Å². The highest BCUT2D eigenvalue weighted by molar-refractivity contribution is 7.99. The fraction of sp³-hybridized carbons (Fsp3) is 0.0952. The van der Waals surface area contributed by atoms with E-state index in [-0.39, 0.29) is 23.1 Å². The van der Waals surface area contributed by atoms with Crippen LogP contribution in [0.25, 0.3) is 11.4 Å². The van der Waals surface area contributed by atoms with Crippen LogP contribution in [0.15, 0.2) is 71.2 Å². The summed E-state index contributed by atoms with van der Waals surface area (Å²) in [5.74, 6) is 0.264. The SMILES string of the molecule is O=C(CSc1n[nH]c(-c2ccccc2O)n1)N(Cc1cccs1)c1cccc([N+](=O)[O-])c1. The topological polar surface area (TPSA) is 125 Å². The van der Waals surface area contributed by atoms with Crippen molar-refractivity contribution >= 4 is 40.4 Å². The molecule has 32 heavy (non-hydrogen) atoms. The number of hydrogen-bond donors (Lipinski definition) is 2. The number of aromatic hydroxyl groups is 1. The number of anilines is 1. The number of nitro groups is 1. The van der Waals surface area contributed by atoms with Gasteiger partial charge in [-0.25, -0.2) is 4.98 Å². The Kier molecular flexibility index (Phi) is 6.47. The molecule has 9 nitrogen and oxygen atoms in total. The number of aromatic amines is 1. The number of nitrogens with one attached hydrogen (secondary N) is 1. The van der Waals surface area contributed by atoms with Crippen LogP contribution in [-0.4, -0.2) is 36.9 Å². The summed E-state index contributed by atoms with van der Waals surface area (Å²) in [6.45, 7) is 0.301. The second-order valence-electron chi connectivity index (χ2n) is 6.61. The summed E-state index contributed by atoms with van der Waals surface area (Å²) in [5.41, 5.74) is 0.873. The Morgan fingerprint density at radius 1 is 1.19 bits per heavy atom. The lowest BCUT2D eigenvalue weighted by molar-refractivity contribution is -0.384. The number of thiophene rings is 1. The highest BCUT2D eigenvalue weighted by Gasteiger charge is 2.20. The number of phenolic OH excluding ortho intramolecular Hbond substituents is 1. The molecule has 0 atom stereocenters. The van der Waals surface area contributed by atoms with Gasteiger partial charge in [-0.3, -0.25) is 20.0 Å². The average molecular weight is 468 g/mol. The predicted molar refractivity (Wildman–Crippen MR) is 123 cm³/mol. The molecular formula is C21H17N5O4S2. The molecule has 0 aliphatic carbocycles. The molecule has 0 aliphatic rings. The Labute approximate surface area is 190 Å². The number of para-hydroxylation sites is 1. The van der Waals surface area contributed by atoms with Gasteiger partial charge in [0.15, 0.2) is 5.82 Å². The minimum absolute atomic E-state index is 0.0339. The van der Waals surface area contributed by atoms with E-state index in [0.717, 1.165) is 16.6 Å². The van der Waals surface area contributed by atoms with Crippen molar-refractivity contribution in [3.8, 4) is 17.1 Å². The minimum atomic E-state index is -0.486. The molecule has 2 heterocycles. The number of H-pyrrole nitrogens is 1. The van der Waals surface area contributed by atoms with Crippen molar-refractivity contribution in [1.82, 2.24) is 15.2 Å². The van der Waals surface area contributed by atoms with Crippen LogP contribution in [0, 0.1) is 10.1 Å². The number of nitrogens with zero attached hydrogens (tertiary/aromatic N) is 4. The number of amides is 1. The Morgan fingerprint density at radius 3 is 2.78 bits per heavy atom. The maximum Gasteiger partial charge on any atom is 0.271 e. The molecule has 0 saturated heterocycles. The maximum absolute atomic E-state index is 13.1. The Bertz CT molecular complexity index is 1240. The van der Waals surface area contributed by atoms with Crippen LogP contribution >= 0.6 is 23.1 Å². The van der Waals surface area contributed by atoms with E-state index in [9.17, 15) is 20.0 Å². The van der Waals surface area contributed by atoms with Crippen molar-refractivity contribution < 1.29 is 14.8 Å². The molecule has 0 radical (unpaired) electrons. The summed E-state index contributed by atoms with van der Waals surface area (Å²) in [4.78, 5) is 30.6. The highest BCUT2D eigenvalue weighted by atomic mass is 32.2. The van der Waals surface area contributed by atoms with E-state index in [2.05, 4.69) is 15.2 Å². The van der Waals surface area contributed by atoms with Crippen LogP contribution in [0.3, 0.4) is 0 Å². The Morgan fingerprint density at radius 2 is 2.03 bits per heavy atom. The summed E-state index contributed by atoms with van der Waals surface area (Å²) < 4.78 is 0. The van der Waals surface area contributed by atoms with Gasteiger partial charge < -0.3 is 10.0 Å². The fourth-order valence-corrected chi connectivity index (χ4v) is 4.33. The van der Waals surface area contributed by atoms with E-state index >= 15 is 0 Å². The molecule has 0 aliphatic heterocycles. The van der Waals surface area contributed by atoms with Crippen LogP contribution < -0.4 is 4.90 Å². The third kappa shape index (κ3) is 4.95. The Hall–Kier alpha value is -3.70. The number of non-ortho nitro benzene ring substituents is 1. The lowest BCUT2D eigenvalue weighted by Crippen LogP contribution is -2.31. The van der Waals surface area contributed by atoms with E-state index in [1.54, 1.807) is 36.4 Å². The van der Waals surface area contributed by atoms with Crippen molar-refractivity contribution in [2.75, 3.05) is 10.7 Å².